The molecule has 0 aliphatic heterocycles. The SMILES string of the molecule is CC(=O)C(CC=O)CC(=O)O. The maximum atomic E-state index is 10.6. The second-order valence-electron chi connectivity index (χ2n) is 2.31. The number of carbonyl (C=O) groups is 3. The van der Waals surface area contributed by atoms with Gasteiger partial charge in [-0.05, 0) is 6.92 Å². The zero-order valence-electron chi connectivity index (χ0n) is 6.24. The van der Waals surface area contributed by atoms with Gasteiger partial charge in [-0.3, -0.25) is 9.59 Å². The maximum absolute atomic E-state index is 10.6. The van der Waals surface area contributed by atoms with Gasteiger partial charge in [-0.15, -0.1) is 0 Å². The molecule has 0 saturated carbocycles. The van der Waals surface area contributed by atoms with Gasteiger partial charge >= 0.3 is 5.97 Å². The van der Waals surface area contributed by atoms with Gasteiger partial charge in [-0.1, -0.05) is 0 Å². The molecule has 11 heavy (non-hydrogen) atoms. The van der Waals surface area contributed by atoms with Gasteiger partial charge < -0.3 is 9.90 Å². The molecule has 0 amide bonds. The smallest absolute Gasteiger partial charge is 0.304 e. The van der Waals surface area contributed by atoms with E-state index in [1.807, 2.05) is 0 Å². The molecule has 0 spiro atoms. The lowest BCUT2D eigenvalue weighted by Crippen LogP contribution is -2.15. The summed E-state index contributed by atoms with van der Waals surface area (Å²) in [6.45, 7) is 1.29. The largest absolute Gasteiger partial charge is 0.481 e. The first-order valence-electron chi connectivity index (χ1n) is 3.23. The Kier molecular flexibility index (Phi) is 4.10. The fraction of sp³-hybridized carbons (Fsp3) is 0.571. The highest BCUT2D eigenvalue weighted by molar-refractivity contribution is 5.84. The molecule has 0 rings (SSSR count). The molecule has 0 aromatic rings. The number of Topliss-reactive ketones (excluding diaryl/α,β-unsaturated/α-hetero) is 1. The molecule has 1 N–H and O–H groups in total. The van der Waals surface area contributed by atoms with Crippen LogP contribution in [0.4, 0.5) is 0 Å². The van der Waals surface area contributed by atoms with E-state index in [-0.39, 0.29) is 18.6 Å². The van der Waals surface area contributed by atoms with Crippen molar-refractivity contribution < 1.29 is 19.5 Å². The first kappa shape index (κ1) is 9.81. The van der Waals surface area contributed by atoms with Gasteiger partial charge in [-0.25, -0.2) is 0 Å². The average molecular weight is 158 g/mol. The van der Waals surface area contributed by atoms with Gasteiger partial charge in [0.1, 0.15) is 12.1 Å². The molecule has 0 radical (unpaired) electrons. The minimum atomic E-state index is -1.05. The van der Waals surface area contributed by atoms with E-state index < -0.39 is 11.9 Å². The van der Waals surface area contributed by atoms with Crippen molar-refractivity contribution in [3.05, 3.63) is 0 Å². The quantitative estimate of drug-likeness (QED) is 0.582. The number of carboxylic acids is 1. The molecular formula is C7H10O4. The highest BCUT2D eigenvalue weighted by atomic mass is 16.4. The number of carbonyl (C=O) groups excluding carboxylic acids is 2. The predicted molar refractivity (Wildman–Crippen MR) is 37.1 cm³/mol. The van der Waals surface area contributed by atoms with Crippen LogP contribution < -0.4 is 0 Å². The van der Waals surface area contributed by atoms with E-state index in [1.165, 1.54) is 6.92 Å². The lowest BCUT2D eigenvalue weighted by molar-refractivity contribution is -0.140. The fourth-order valence-corrected chi connectivity index (χ4v) is 0.720. The van der Waals surface area contributed by atoms with Crippen LogP contribution in [0.2, 0.25) is 0 Å². The zero-order valence-corrected chi connectivity index (χ0v) is 6.24. The number of aldehydes is 1. The van der Waals surface area contributed by atoms with Crippen molar-refractivity contribution in [1.82, 2.24) is 0 Å². The van der Waals surface area contributed by atoms with Crippen LogP contribution in [0.3, 0.4) is 0 Å². The molecule has 0 aliphatic rings. The molecule has 0 aliphatic carbocycles. The molecule has 0 heterocycles. The monoisotopic (exact) mass is 158 g/mol. The molecule has 0 saturated heterocycles. The number of aliphatic carboxylic acids is 1. The number of ketones is 1. The summed E-state index contributed by atoms with van der Waals surface area (Å²) in [7, 11) is 0. The van der Waals surface area contributed by atoms with Gasteiger partial charge in [0.15, 0.2) is 0 Å². The van der Waals surface area contributed by atoms with E-state index in [4.69, 9.17) is 5.11 Å². The number of carboxylic acid groups (broad SMARTS) is 1. The van der Waals surface area contributed by atoms with Crippen molar-refractivity contribution in [3.63, 3.8) is 0 Å². The Morgan fingerprint density at radius 1 is 1.55 bits per heavy atom. The van der Waals surface area contributed by atoms with Crippen LogP contribution in [0.25, 0.3) is 0 Å². The fourth-order valence-electron chi connectivity index (χ4n) is 0.720. The Bertz CT molecular complexity index is 173. The van der Waals surface area contributed by atoms with Gasteiger partial charge in [0.25, 0.3) is 0 Å². The van der Waals surface area contributed by atoms with E-state index in [0.29, 0.717) is 6.29 Å². The van der Waals surface area contributed by atoms with Crippen molar-refractivity contribution in [2.24, 2.45) is 5.92 Å². The molecule has 0 fully saturated rings. The normalized spacial score (nSPS) is 12.1. The molecule has 0 bridgehead atoms. The lowest BCUT2D eigenvalue weighted by atomic mass is 9.98. The Morgan fingerprint density at radius 3 is 2.36 bits per heavy atom. The van der Waals surface area contributed by atoms with Crippen molar-refractivity contribution in [1.29, 1.82) is 0 Å². The van der Waals surface area contributed by atoms with Crippen LogP contribution in [0.15, 0.2) is 0 Å². The van der Waals surface area contributed by atoms with Crippen LogP contribution in [0, 0.1) is 5.92 Å². The Labute approximate surface area is 64.2 Å². The molecular weight excluding hydrogens is 148 g/mol. The summed E-state index contributed by atoms with van der Waals surface area (Å²) >= 11 is 0. The van der Waals surface area contributed by atoms with E-state index >= 15 is 0 Å². The molecule has 0 aromatic carbocycles. The van der Waals surface area contributed by atoms with E-state index in [2.05, 4.69) is 0 Å². The average Bonchev–Trinajstić information content (AvgIpc) is 1.86. The van der Waals surface area contributed by atoms with Crippen molar-refractivity contribution in [2.45, 2.75) is 19.8 Å². The lowest BCUT2D eigenvalue weighted by Gasteiger charge is -2.04. The van der Waals surface area contributed by atoms with Gasteiger partial charge in [0, 0.05) is 12.3 Å². The summed E-state index contributed by atoms with van der Waals surface area (Å²) in [4.78, 5) is 30.7. The van der Waals surface area contributed by atoms with Gasteiger partial charge in [0.05, 0.1) is 6.42 Å². The van der Waals surface area contributed by atoms with Crippen LogP contribution in [-0.4, -0.2) is 23.1 Å². The second-order valence-corrected chi connectivity index (χ2v) is 2.31. The van der Waals surface area contributed by atoms with Crippen molar-refractivity contribution >= 4 is 18.0 Å². The molecule has 62 valence electrons. The predicted octanol–water partition coefficient (Wildman–Crippen LogP) is 0.255. The summed E-state index contributed by atoms with van der Waals surface area (Å²) in [5.74, 6) is -1.95. The van der Waals surface area contributed by atoms with Crippen LogP contribution in [0.5, 0.6) is 0 Å². The van der Waals surface area contributed by atoms with E-state index in [1.54, 1.807) is 0 Å². The third-order valence-corrected chi connectivity index (χ3v) is 1.38. The number of hydrogen-bond acceptors (Lipinski definition) is 3. The number of rotatable bonds is 5. The molecule has 1 atom stereocenters. The first-order chi connectivity index (χ1) is 5.07. The van der Waals surface area contributed by atoms with Crippen molar-refractivity contribution in [3.8, 4) is 0 Å². The van der Waals surface area contributed by atoms with Crippen LogP contribution >= 0.6 is 0 Å². The van der Waals surface area contributed by atoms with Gasteiger partial charge in [-0.2, -0.15) is 0 Å². The molecule has 1 unspecified atom stereocenters. The third-order valence-electron chi connectivity index (χ3n) is 1.38. The Balaban J connectivity index is 3.99. The van der Waals surface area contributed by atoms with Gasteiger partial charge in [0.2, 0.25) is 0 Å². The first-order valence-corrected chi connectivity index (χ1v) is 3.23. The summed E-state index contributed by atoms with van der Waals surface area (Å²) < 4.78 is 0. The zero-order chi connectivity index (χ0) is 8.85. The second kappa shape index (κ2) is 4.60. The highest BCUT2D eigenvalue weighted by Crippen LogP contribution is 2.07. The van der Waals surface area contributed by atoms with Crippen molar-refractivity contribution in [2.75, 3.05) is 0 Å². The Morgan fingerprint density at radius 2 is 2.09 bits per heavy atom. The standard InChI is InChI=1S/C7H10O4/c1-5(9)6(2-3-8)4-7(10)11/h3,6H,2,4H2,1H3,(H,10,11). The van der Waals surface area contributed by atoms with Crippen LogP contribution in [-0.2, 0) is 14.4 Å². The topological polar surface area (TPSA) is 71.4 Å². The summed E-state index contributed by atoms with van der Waals surface area (Å²) in [6, 6.07) is 0. The molecule has 4 nitrogen and oxygen atoms in total. The minimum Gasteiger partial charge on any atom is -0.481 e. The Hall–Kier alpha value is -1.19. The third kappa shape index (κ3) is 4.25. The van der Waals surface area contributed by atoms with E-state index in [0.717, 1.165) is 0 Å². The van der Waals surface area contributed by atoms with Crippen LogP contribution in [0.1, 0.15) is 19.8 Å². The van der Waals surface area contributed by atoms with E-state index in [9.17, 15) is 14.4 Å². The summed E-state index contributed by atoms with van der Waals surface area (Å²) in [5, 5.41) is 8.29. The summed E-state index contributed by atoms with van der Waals surface area (Å²) in [5.41, 5.74) is 0. The molecule has 0 aromatic heterocycles. The molecule has 4 heteroatoms. The highest BCUT2D eigenvalue weighted by Gasteiger charge is 2.16. The minimum absolute atomic E-state index is 0.00162. The maximum Gasteiger partial charge on any atom is 0.304 e. The summed E-state index contributed by atoms with van der Waals surface area (Å²) in [6.07, 6.45) is 0.310. The number of hydrogen-bond donors (Lipinski definition) is 1.